The molecule has 1 saturated carbocycles. The van der Waals surface area contributed by atoms with Crippen LogP contribution in [0.15, 0.2) is 60.9 Å². The van der Waals surface area contributed by atoms with Crippen molar-refractivity contribution in [3.63, 3.8) is 0 Å². The molecule has 2 aromatic carbocycles. The molecule has 5 rings (SSSR count). The van der Waals surface area contributed by atoms with Crippen molar-refractivity contribution in [2.75, 3.05) is 5.32 Å². The first-order valence-corrected chi connectivity index (χ1v) is 11.2. The molecule has 0 aliphatic heterocycles. The van der Waals surface area contributed by atoms with Crippen LogP contribution in [-0.4, -0.2) is 26.3 Å². The number of carbonyl (C=O) groups excluding carboxylic acids is 2. The molecule has 0 atom stereocenters. The number of hydrogen-bond donors (Lipinski definition) is 2. The number of hydrogen-bond acceptors (Lipinski definition) is 4. The van der Waals surface area contributed by atoms with E-state index < -0.39 is 0 Å². The Hall–Kier alpha value is -4.07. The minimum atomic E-state index is -0.376. The van der Waals surface area contributed by atoms with Crippen LogP contribution in [0.3, 0.4) is 0 Å². The Balaban J connectivity index is 1.52. The molecule has 0 radical (unpaired) electrons. The minimum Gasteiger partial charge on any atom is -0.348 e. The summed E-state index contributed by atoms with van der Waals surface area (Å²) in [6, 6.07) is 13.4. The maximum Gasteiger partial charge on any atom is 0.251 e. The fraction of sp³-hybridized carbons (Fsp3) is 0.231. The van der Waals surface area contributed by atoms with Gasteiger partial charge in [-0.05, 0) is 43.2 Å². The van der Waals surface area contributed by atoms with E-state index in [0.29, 0.717) is 28.2 Å². The molecule has 0 saturated heterocycles. The molecule has 172 valence electrons. The molecule has 2 aromatic heterocycles. The van der Waals surface area contributed by atoms with Crippen LogP contribution in [0.2, 0.25) is 0 Å². The highest BCUT2D eigenvalue weighted by Gasteiger charge is 2.27. The van der Waals surface area contributed by atoms with Gasteiger partial charge in [-0.25, -0.2) is 9.37 Å². The smallest absolute Gasteiger partial charge is 0.251 e. The lowest BCUT2D eigenvalue weighted by atomic mass is 9.85. The second-order valence-corrected chi connectivity index (χ2v) is 8.51. The summed E-state index contributed by atoms with van der Waals surface area (Å²) in [5.41, 5.74) is 3.44. The number of carbonyl (C=O) groups is 2. The Morgan fingerprint density at radius 1 is 1.12 bits per heavy atom. The standard InChI is InChI=1S/C26H24FN5O2/c1-32-23-21(30-24(32)16-9-11-28-12-10-16)13-19(14-22(23)31-26(34)17-6-4-7-17)25(33)29-15-18-5-2-3-8-20(18)27/h2-3,5,8-14,17H,4,6-7,15H2,1H3,(H,29,33)(H,31,34). The van der Waals surface area contributed by atoms with Gasteiger partial charge in [0.2, 0.25) is 5.91 Å². The summed E-state index contributed by atoms with van der Waals surface area (Å²) in [6.07, 6.45) is 6.16. The third-order valence-electron chi connectivity index (χ3n) is 6.30. The van der Waals surface area contributed by atoms with Gasteiger partial charge in [-0.15, -0.1) is 0 Å². The monoisotopic (exact) mass is 457 g/mol. The summed E-state index contributed by atoms with van der Waals surface area (Å²) in [5.74, 6) is -0.121. The van der Waals surface area contributed by atoms with Crippen molar-refractivity contribution in [2.24, 2.45) is 13.0 Å². The van der Waals surface area contributed by atoms with Gasteiger partial charge in [-0.1, -0.05) is 24.6 Å². The van der Waals surface area contributed by atoms with Gasteiger partial charge in [-0.3, -0.25) is 14.6 Å². The van der Waals surface area contributed by atoms with Crippen LogP contribution < -0.4 is 10.6 Å². The first-order chi connectivity index (χ1) is 16.5. The van der Waals surface area contributed by atoms with Crippen molar-refractivity contribution in [3.8, 4) is 11.4 Å². The summed E-state index contributed by atoms with van der Waals surface area (Å²) in [6.45, 7) is 0.0534. The molecule has 2 N–H and O–H groups in total. The summed E-state index contributed by atoms with van der Waals surface area (Å²) < 4.78 is 15.9. The summed E-state index contributed by atoms with van der Waals surface area (Å²) >= 11 is 0. The number of fused-ring (bicyclic) bond motifs is 1. The Kier molecular flexibility index (Phi) is 5.79. The lowest BCUT2D eigenvalue weighted by Crippen LogP contribution is -2.28. The molecular weight excluding hydrogens is 433 g/mol. The maximum atomic E-state index is 14.0. The number of nitrogens with one attached hydrogen (secondary N) is 2. The quantitative estimate of drug-likeness (QED) is 0.448. The summed E-state index contributed by atoms with van der Waals surface area (Å²) in [5, 5.41) is 5.78. The van der Waals surface area contributed by atoms with Crippen LogP contribution in [0.5, 0.6) is 0 Å². The molecule has 2 heterocycles. The van der Waals surface area contributed by atoms with Crippen molar-refractivity contribution in [3.05, 3.63) is 77.9 Å². The summed E-state index contributed by atoms with van der Waals surface area (Å²) in [4.78, 5) is 34.6. The van der Waals surface area contributed by atoms with E-state index in [4.69, 9.17) is 4.98 Å². The topological polar surface area (TPSA) is 88.9 Å². The first-order valence-electron chi connectivity index (χ1n) is 11.2. The number of nitrogens with zero attached hydrogens (tertiary/aromatic N) is 3. The molecule has 0 bridgehead atoms. The van der Waals surface area contributed by atoms with E-state index in [9.17, 15) is 14.0 Å². The van der Waals surface area contributed by atoms with Gasteiger partial charge in [0.1, 0.15) is 11.6 Å². The molecule has 1 aliphatic carbocycles. The number of aryl methyl sites for hydroxylation is 1. The number of rotatable bonds is 6. The van der Waals surface area contributed by atoms with Crippen LogP contribution in [0.25, 0.3) is 22.4 Å². The van der Waals surface area contributed by atoms with Crippen LogP contribution in [0.4, 0.5) is 10.1 Å². The molecule has 2 amide bonds. The Morgan fingerprint density at radius 3 is 2.59 bits per heavy atom. The first kappa shape index (κ1) is 21.8. The fourth-order valence-corrected chi connectivity index (χ4v) is 4.16. The number of imidazole rings is 1. The number of benzene rings is 2. The van der Waals surface area contributed by atoms with E-state index in [1.54, 1.807) is 42.7 Å². The van der Waals surface area contributed by atoms with Crippen molar-refractivity contribution >= 4 is 28.5 Å². The lowest BCUT2D eigenvalue weighted by Gasteiger charge is -2.24. The highest BCUT2D eigenvalue weighted by molar-refractivity contribution is 6.06. The van der Waals surface area contributed by atoms with Crippen LogP contribution >= 0.6 is 0 Å². The van der Waals surface area contributed by atoms with E-state index in [1.807, 2.05) is 23.7 Å². The van der Waals surface area contributed by atoms with Gasteiger partial charge < -0.3 is 15.2 Å². The molecule has 1 fully saturated rings. The van der Waals surface area contributed by atoms with Crippen molar-refractivity contribution in [2.45, 2.75) is 25.8 Å². The predicted molar refractivity (Wildman–Crippen MR) is 127 cm³/mol. The molecule has 4 aromatic rings. The van der Waals surface area contributed by atoms with E-state index in [2.05, 4.69) is 15.6 Å². The Morgan fingerprint density at radius 2 is 1.88 bits per heavy atom. The van der Waals surface area contributed by atoms with E-state index in [-0.39, 0.29) is 30.1 Å². The number of pyridine rings is 1. The average molecular weight is 458 g/mol. The zero-order valence-electron chi connectivity index (χ0n) is 18.7. The Bertz CT molecular complexity index is 1380. The zero-order valence-corrected chi connectivity index (χ0v) is 18.7. The van der Waals surface area contributed by atoms with Gasteiger partial charge >= 0.3 is 0 Å². The second-order valence-electron chi connectivity index (χ2n) is 8.51. The highest BCUT2D eigenvalue weighted by atomic mass is 19.1. The van der Waals surface area contributed by atoms with Gasteiger partial charge in [0.25, 0.3) is 5.91 Å². The highest BCUT2D eigenvalue weighted by Crippen LogP contribution is 2.32. The number of amides is 2. The largest absolute Gasteiger partial charge is 0.348 e. The van der Waals surface area contributed by atoms with Crippen molar-refractivity contribution < 1.29 is 14.0 Å². The van der Waals surface area contributed by atoms with Crippen LogP contribution in [0.1, 0.15) is 35.2 Å². The van der Waals surface area contributed by atoms with Crippen LogP contribution in [-0.2, 0) is 18.4 Å². The average Bonchev–Trinajstić information content (AvgIpc) is 3.14. The number of anilines is 1. The van der Waals surface area contributed by atoms with E-state index in [0.717, 1.165) is 30.3 Å². The molecule has 8 heteroatoms. The molecule has 1 aliphatic rings. The van der Waals surface area contributed by atoms with Crippen molar-refractivity contribution in [1.82, 2.24) is 19.9 Å². The number of aromatic nitrogens is 3. The normalized spacial score (nSPS) is 13.5. The fourth-order valence-electron chi connectivity index (χ4n) is 4.16. The molecular formula is C26H24FN5O2. The third kappa shape index (κ3) is 4.14. The van der Waals surface area contributed by atoms with Crippen molar-refractivity contribution in [1.29, 1.82) is 0 Å². The molecule has 34 heavy (non-hydrogen) atoms. The zero-order chi connectivity index (χ0) is 23.7. The second kappa shape index (κ2) is 9.05. The minimum absolute atomic E-state index is 0.0125. The van der Waals surface area contributed by atoms with Gasteiger partial charge in [0.05, 0.1) is 16.7 Å². The van der Waals surface area contributed by atoms with E-state index >= 15 is 0 Å². The van der Waals surface area contributed by atoms with Crippen LogP contribution in [0, 0.1) is 11.7 Å². The van der Waals surface area contributed by atoms with E-state index in [1.165, 1.54) is 6.07 Å². The lowest BCUT2D eigenvalue weighted by molar-refractivity contribution is -0.122. The maximum absolute atomic E-state index is 14.0. The third-order valence-corrected chi connectivity index (χ3v) is 6.30. The predicted octanol–water partition coefficient (Wildman–Crippen LogP) is 4.44. The number of halogens is 1. The molecule has 0 spiro atoms. The van der Waals surface area contributed by atoms with Gasteiger partial charge in [0, 0.05) is 48.6 Å². The SMILES string of the molecule is Cn1c(-c2ccncc2)nc2cc(C(=O)NCc3ccccc3F)cc(NC(=O)C3CCC3)c21. The van der Waals surface area contributed by atoms with Gasteiger partial charge in [0.15, 0.2) is 0 Å². The molecule has 7 nitrogen and oxygen atoms in total. The summed E-state index contributed by atoms with van der Waals surface area (Å²) in [7, 11) is 1.88. The van der Waals surface area contributed by atoms with Gasteiger partial charge in [-0.2, -0.15) is 0 Å². The Labute approximate surface area is 196 Å². The molecule has 0 unspecified atom stereocenters.